The predicted molar refractivity (Wildman–Crippen MR) is 259 cm³/mol. The van der Waals surface area contributed by atoms with Crippen LogP contribution in [0.1, 0.15) is 43.2 Å². The van der Waals surface area contributed by atoms with E-state index >= 15 is 0 Å². The molecule has 5 aromatic carbocycles. The van der Waals surface area contributed by atoms with Crippen molar-refractivity contribution in [3.8, 4) is 23.0 Å². The maximum absolute atomic E-state index is 14.2. The van der Waals surface area contributed by atoms with Gasteiger partial charge in [-0.1, -0.05) is 47.8 Å². The van der Waals surface area contributed by atoms with Crippen molar-refractivity contribution in [2.75, 3.05) is 12.8 Å². The Labute approximate surface area is 445 Å². The first-order valence-corrected chi connectivity index (χ1v) is 23.0. The second kappa shape index (κ2) is 25.9. The summed E-state index contributed by atoms with van der Waals surface area (Å²) in [6.07, 6.45) is -6.11. The number of aliphatic hydroxyl groups is 1. The molecule has 3 aromatic heterocycles. The number of rotatable bonds is 9. The van der Waals surface area contributed by atoms with E-state index in [0.29, 0.717) is 4.47 Å². The van der Waals surface area contributed by atoms with Crippen LogP contribution in [0, 0.1) is 34.9 Å². The van der Waals surface area contributed by atoms with Crippen LogP contribution in [0.3, 0.4) is 0 Å². The average Bonchev–Trinajstić information content (AvgIpc) is 3.34. The number of halogens is 15. The highest BCUT2D eigenvalue weighted by atomic mass is 79.9. The summed E-state index contributed by atoms with van der Waals surface area (Å²) in [6, 6.07) is 19.1. The summed E-state index contributed by atoms with van der Waals surface area (Å²) in [5, 5.41) is 8.50. The van der Waals surface area contributed by atoms with Gasteiger partial charge in [0.25, 0.3) is 5.56 Å². The van der Waals surface area contributed by atoms with Gasteiger partial charge in [0.05, 0.1) is 48.6 Å². The second-order valence-electron chi connectivity index (χ2n) is 14.8. The van der Waals surface area contributed by atoms with Crippen molar-refractivity contribution < 1.29 is 81.6 Å². The quantitative estimate of drug-likeness (QED) is 0.0610. The molecule has 12 nitrogen and oxygen atoms in total. The number of pyridine rings is 2. The molecular formula is C49H30Br3F12N5O7. The third-order valence-corrected chi connectivity index (χ3v) is 11.0. The molecule has 398 valence electrons. The maximum Gasteiger partial charge on any atom is 0.437 e. The topological polar surface area (TPSA) is 169 Å². The second-order valence-corrected chi connectivity index (χ2v) is 17.5. The van der Waals surface area contributed by atoms with E-state index in [1.54, 1.807) is 0 Å². The van der Waals surface area contributed by atoms with Crippen LogP contribution in [0.15, 0.2) is 134 Å². The van der Waals surface area contributed by atoms with Gasteiger partial charge in [-0.2, -0.15) is 31.3 Å². The number of nitrogens with two attached hydrogens (primary N) is 1. The SMILES string of the molecule is COC(=O)c1cc(Oc2cccnc2C(F)(F)F)ccc1N.O=Cc1c(F)cc(Br)cc1F.O=c1ncn(Cc2c(F)cc(Br)cc2F)c2ccc(Oc3cccnc3C(F)(F)F)cc12.OCc1c(F)cc(Br)cc1F. The number of aldehydes is 1. The summed E-state index contributed by atoms with van der Waals surface area (Å²) in [4.78, 5) is 44.1. The van der Waals surface area contributed by atoms with E-state index in [9.17, 15) is 67.1 Å². The number of benzene rings is 5. The molecule has 0 fully saturated rings. The molecular weight excluding hydrogens is 1240 g/mol. The molecule has 0 aliphatic heterocycles. The molecule has 0 spiro atoms. The molecule has 0 saturated heterocycles. The first-order valence-electron chi connectivity index (χ1n) is 20.6. The zero-order valence-electron chi connectivity index (χ0n) is 37.9. The van der Waals surface area contributed by atoms with E-state index in [2.05, 4.69) is 67.5 Å². The molecule has 27 heteroatoms. The highest BCUT2D eigenvalue weighted by molar-refractivity contribution is 9.11. The third-order valence-electron chi connectivity index (χ3n) is 9.65. The van der Waals surface area contributed by atoms with Gasteiger partial charge in [0.15, 0.2) is 29.2 Å². The molecule has 76 heavy (non-hydrogen) atoms. The summed E-state index contributed by atoms with van der Waals surface area (Å²) < 4.78 is 174. The van der Waals surface area contributed by atoms with Crippen molar-refractivity contribution >= 4 is 76.6 Å². The number of alkyl halides is 6. The fourth-order valence-electron chi connectivity index (χ4n) is 6.17. The Morgan fingerprint density at radius 2 is 1.11 bits per heavy atom. The molecule has 8 aromatic rings. The average molecular weight is 1270 g/mol. The van der Waals surface area contributed by atoms with Crippen LogP contribution in [0.2, 0.25) is 0 Å². The molecule has 0 aliphatic rings. The van der Waals surface area contributed by atoms with Gasteiger partial charge >= 0.3 is 18.3 Å². The van der Waals surface area contributed by atoms with Crippen molar-refractivity contribution in [2.45, 2.75) is 25.5 Å². The van der Waals surface area contributed by atoms with Gasteiger partial charge in [0.1, 0.15) is 46.4 Å². The van der Waals surface area contributed by atoms with Crippen molar-refractivity contribution in [3.05, 3.63) is 208 Å². The van der Waals surface area contributed by atoms with Crippen molar-refractivity contribution in [2.24, 2.45) is 0 Å². The largest absolute Gasteiger partial charge is 0.465 e. The van der Waals surface area contributed by atoms with E-state index in [0.717, 1.165) is 74.4 Å². The Hall–Kier alpha value is -7.36. The highest BCUT2D eigenvalue weighted by Gasteiger charge is 2.37. The summed E-state index contributed by atoms with van der Waals surface area (Å²) in [7, 11) is 1.16. The Morgan fingerprint density at radius 1 is 0.658 bits per heavy atom. The highest BCUT2D eigenvalue weighted by Crippen LogP contribution is 2.38. The number of anilines is 1. The Morgan fingerprint density at radius 3 is 1.55 bits per heavy atom. The number of nitrogens with zero attached hydrogens (tertiary/aromatic N) is 4. The van der Waals surface area contributed by atoms with E-state index in [1.165, 1.54) is 53.1 Å². The number of carbonyl (C=O) groups is 2. The zero-order chi connectivity index (χ0) is 56.2. The molecule has 0 aliphatic carbocycles. The van der Waals surface area contributed by atoms with E-state index < -0.39 is 93.8 Å². The minimum absolute atomic E-state index is 0.000349. The monoisotopic (exact) mass is 1260 g/mol. The molecule has 0 unspecified atom stereocenters. The number of hydrogen-bond acceptors (Lipinski definition) is 11. The van der Waals surface area contributed by atoms with Crippen molar-refractivity contribution in [1.82, 2.24) is 19.5 Å². The lowest BCUT2D eigenvalue weighted by atomic mass is 10.1. The predicted octanol–water partition coefficient (Wildman–Crippen LogP) is 13.7. The van der Waals surface area contributed by atoms with Crippen molar-refractivity contribution in [1.29, 1.82) is 0 Å². The molecule has 0 bridgehead atoms. The van der Waals surface area contributed by atoms with Gasteiger partial charge in [-0.3, -0.25) is 9.59 Å². The van der Waals surface area contributed by atoms with Gasteiger partial charge in [0.2, 0.25) is 0 Å². The van der Waals surface area contributed by atoms with Crippen LogP contribution in [-0.2, 0) is 30.2 Å². The molecule has 0 amide bonds. The number of ether oxygens (including phenoxy) is 3. The Kier molecular flexibility index (Phi) is 20.3. The molecule has 8 rings (SSSR count). The van der Waals surface area contributed by atoms with Crippen LogP contribution in [0.5, 0.6) is 23.0 Å². The lowest BCUT2D eigenvalue weighted by Crippen LogP contribution is -2.14. The molecule has 3 heterocycles. The molecule has 3 N–H and O–H groups in total. The summed E-state index contributed by atoms with van der Waals surface area (Å²) in [5.74, 6) is -6.55. The smallest absolute Gasteiger partial charge is 0.437 e. The lowest BCUT2D eigenvalue weighted by Gasteiger charge is -2.14. The Balaban J connectivity index is 0.000000208. The van der Waals surface area contributed by atoms with Gasteiger partial charge in [-0.15, -0.1) is 0 Å². The number of nitrogen functional groups attached to an aromatic ring is 1. The maximum atomic E-state index is 14.2. The molecule has 0 radical (unpaired) electrons. The number of aliphatic hydroxyl groups excluding tert-OH is 1. The van der Waals surface area contributed by atoms with Crippen molar-refractivity contribution in [3.63, 3.8) is 0 Å². The van der Waals surface area contributed by atoms with Crippen LogP contribution < -0.4 is 20.8 Å². The van der Waals surface area contributed by atoms with Crippen LogP contribution in [-0.4, -0.2) is 44.0 Å². The Bertz CT molecular complexity index is 3410. The number of carbonyl (C=O) groups excluding carboxylic acids is 2. The minimum atomic E-state index is -4.74. The number of methoxy groups -OCH3 is 1. The van der Waals surface area contributed by atoms with Gasteiger partial charge < -0.3 is 29.6 Å². The molecule has 0 atom stereocenters. The number of hydrogen-bond donors (Lipinski definition) is 2. The number of esters is 1. The summed E-state index contributed by atoms with van der Waals surface area (Å²) in [6.45, 7) is -0.888. The standard InChI is InChI=1S/C21H11BrF5N3O2.C14H11F3N2O3.C7H5BrF2O.C7H3BrF2O/c22-11-6-15(23)14(16(24)7-11)9-30-10-29-20(31)13-8-12(3-4-17(13)30)32-18-2-1-5-28-19(18)21(25,26)27;1-21-13(20)9-7-8(4-5-10(9)18)22-11-3-2-6-19-12(11)14(15,16)17;2*8-4-1-6(9)5(3-11)7(10)2-4/h1-8,10H,9H2;2-7H,18H2,1H3;1-2,11H,3H2;1-3H. The van der Waals surface area contributed by atoms with Crippen LogP contribution in [0.25, 0.3) is 10.9 Å². The number of aromatic nitrogens is 4. The summed E-state index contributed by atoms with van der Waals surface area (Å²) >= 11 is 8.80. The van der Waals surface area contributed by atoms with Gasteiger partial charge in [-0.05, 0) is 97.1 Å². The summed E-state index contributed by atoms with van der Waals surface area (Å²) in [5.41, 5.74) is 1.86. The molecule has 0 saturated carbocycles. The first-order chi connectivity index (χ1) is 35.7. The van der Waals surface area contributed by atoms with E-state index in [1.807, 2.05) is 0 Å². The fraction of sp³-hybridized carbons (Fsp3) is 0.102. The lowest BCUT2D eigenvalue weighted by molar-refractivity contribution is -0.143. The minimum Gasteiger partial charge on any atom is -0.465 e. The van der Waals surface area contributed by atoms with Gasteiger partial charge in [0, 0.05) is 42.6 Å². The zero-order valence-corrected chi connectivity index (χ0v) is 42.7. The fourth-order valence-corrected chi connectivity index (χ4v) is 7.38. The van der Waals surface area contributed by atoms with Gasteiger partial charge in [-0.25, -0.2) is 41.1 Å². The van der Waals surface area contributed by atoms with Crippen LogP contribution >= 0.6 is 47.8 Å². The van der Waals surface area contributed by atoms with E-state index in [4.69, 9.17) is 20.3 Å². The normalized spacial score (nSPS) is 11.0. The van der Waals surface area contributed by atoms with E-state index in [-0.39, 0.29) is 66.6 Å². The first kappa shape index (κ1) is 59.5. The number of fused-ring (bicyclic) bond motifs is 1. The third kappa shape index (κ3) is 15.6. The van der Waals surface area contributed by atoms with Crippen LogP contribution in [0.4, 0.5) is 58.4 Å².